The summed E-state index contributed by atoms with van der Waals surface area (Å²) in [5.41, 5.74) is 0.308. The second-order valence-corrected chi connectivity index (χ2v) is 6.26. The molecule has 0 radical (unpaired) electrons. The molecule has 3 rings (SSSR count). The molecule has 0 unspecified atom stereocenters. The molecule has 7 heteroatoms. The van der Waals surface area contributed by atoms with Gasteiger partial charge in [0.05, 0.1) is 25.5 Å². The number of para-hydroxylation sites is 2. The molecule has 0 heterocycles. The molecule has 1 aliphatic carbocycles. The van der Waals surface area contributed by atoms with E-state index in [0.29, 0.717) is 35.5 Å². The molecule has 2 aromatic carbocycles. The molecule has 2 aromatic rings. The summed E-state index contributed by atoms with van der Waals surface area (Å²) in [4.78, 5) is 36.8. The van der Waals surface area contributed by atoms with E-state index in [-0.39, 0.29) is 11.8 Å². The van der Waals surface area contributed by atoms with Crippen LogP contribution >= 0.6 is 0 Å². The minimum absolute atomic E-state index is 0.365. The summed E-state index contributed by atoms with van der Waals surface area (Å²) in [6, 6.07) is 13.3. The van der Waals surface area contributed by atoms with Gasteiger partial charge in [-0.15, -0.1) is 0 Å². The van der Waals surface area contributed by atoms with Gasteiger partial charge in [-0.3, -0.25) is 9.59 Å². The molecule has 1 fully saturated rings. The van der Waals surface area contributed by atoms with Crippen LogP contribution in [0.4, 0.5) is 11.4 Å². The summed E-state index contributed by atoms with van der Waals surface area (Å²) in [5.74, 6) is -0.667. The third kappa shape index (κ3) is 3.76. The molecule has 140 valence electrons. The fourth-order valence-electron chi connectivity index (χ4n) is 2.73. The van der Waals surface area contributed by atoms with Crippen molar-refractivity contribution in [2.24, 2.45) is 5.41 Å². The lowest BCUT2D eigenvalue weighted by atomic mass is 10.0. The van der Waals surface area contributed by atoms with Gasteiger partial charge in [0.25, 0.3) is 0 Å². The van der Waals surface area contributed by atoms with E-state index < -0.39 is 11.4 Å². The fourth-order valence-corrected chi connectivity index (χ4v) is 2.73. The SMILES string of the molecule is COC(=O)c1ccc(NC(=O)C2(C(=O)Nc3ccccc3OC)CC2)cc1. The average Bonchev–Trinajstić information content (AvgIpc) is 3.50. The first-order valence-electron chi connectivity index (χ1n) is 8.44. The van der Waals surface area contributed by atoms with Crippen molar-refractivity contribution >= 4 is 29.2 Å². The van der Waals surface area contributed by atoms with Gasteiger partial charge in [0.1, 0.15) is 11.2 Å². The third-order valence-electron chi connectivity index (χ3n) is 4.54. The second kappa shape index (κ2) is 7.49. The van der Waals surface area contributed by atoms with Crippen molar-refractivity contribution in [2.45, 2.75) is 12.8 Å². The monoisotopic (exact) mass is 368 g/mol. The van der Waals surface area contributed by atoms with E-state index in [0.717, 1.165) is 0 Å². The van der Waals surface area contributed by atoms with Crippen LogP contribution in [0.2, 0.25) is 0 Å². The molecule has 2 amide bonds. The van der Waals surface area contributed by atoms with Crippen LogP contribution < -0.4 is 15.4 Å². The van der Waals surface area contributed by atoms with Crippen LogP contribution in [0, 0.1) is 5.41 Å². The number of hydrogen-bond acceptors (Lipinski definition) is 5. The van der Waals surface area contributed by atoms with Crippen LogP contribution in [0.15, 0.2) is 48.5 Å². The first-order valence-corrected chi connectivity index (χ1v) is 8.44. The molecule has 0 spiro atoms. The third-order valence-corrected chi connectivity index (χ3v) is 4.54. The molecular formula is C20H20N2O5. The number of esters is 1. The van der Waals surface area contributed by atoms with Gasteiger partial charge in [-0.25, -0.2) is 4.79 Å². The maximum Gasteiger partial charge on any atom is 0.337 e. The summed E-state index contributed by atoms with van der Waals surface area (Å²) in [6.07, 6.45) is 0.945. The molecule has 1 saturated carbocycles. The highest BCUT2D eigenvalue weighted by molar-refractivity contribution is 6.17. The Morgan fingerprint density at radius 1 is 0.889 bits per heavy atom. The Labute approximate surface area is 156 Å². The highest BCUT2D eigenvalue weighted by Gasteiger charge is 2.56. The van der Waals surface area contributed by atoms with Gasteiger partial charge >= 0.3 is 5.97 Å². The van der Waals surface area contributed by atoms with Crippen molar-refractivity contribution in [1.29, 1.82) is 0 Å². The van der Waals surface area contributed by atoms with E-state index in [1.54, 1.807) is 48.5 Å². The van der Waals surface area contributed by atoms with E-state index >= 15 is 0 Å². The highest BCUT2D eigenvalue weighted by atomic mass is 16.5. The number of rotatable bonds is 6. The van der Waals surface area contributed by atoms with Crippen LogP contribution in [-0.4, -0.2) is 32.0 Å². The van der Waals surface area contributed by atoms with E-state index in [1.807, 2.05) is 0 Å². The van der Waals surface area contributed by atoms with Crippen molar-refractivity contribution in [1.82, 2.24) is 0 Å². The van der Waals surface area contributed by atoms with E-state index in [1.165, 1.54) is 14.2 Å². The lowest BCUT2D eigenvalue weighted by Gasteiger charge is -2.17. The Bertz CT molecular complexity index is 872. The Morgan fingerprint density at radius 3 is 2.11 bits per heavy atom. The molecular weight excluding hydrogens is 348 g/mol. The lowest BCUT2D eigenvalue weighted by Crippen LogP contribution is -2.35. The summed E-state index contributed by atoms with van der Waals surface area (Å²) < 4.78 is 9.86. The van der Waals surface area contributed by atoms with E-state index in [9.17, 15) is 14.4 Å². The number of methoxy groups -OCH3 is 2. The normalized spacial score (nSPS) is 14.0. The minimum atomic E-state index is -1.10. The number of carbonyl (C=O) groups is 3. The quantitative estimate of drug-likeness (QED) is 0.604. The summed E-state index contributed by atoms with van der Waals surface area (Å²) >= 11 is 0. The van der Waals surface area contributed by atoms with Crippen molar-refractivity contribution < 1.29 is 23.9 Å². The molecule has 7 nitrogen and oxygen atoms in total. The van der Waals surface area contributed by atoms with Gasteiger partial charge < -0.3 is 20.1 Å². The first-order chi connectivity index (χ1) is 13.0. The summed E-state index contributed by atoms with van der Waals surface area (Å²) in [7, 11) is 2.82. The summed E-state index contributed by atoms with van der Waals surface area (Å²) in [5, 5.41) is 5.52. The predicted molar refractivity (Wildman–Crippen MR) is 99.7 cm³/mol. The molecule has 0 aliphatic heterocycles. The van der Waals surface area contributed by atoms with Crippen LogP contribution in [-0.2, 0) is 14.3 Å². The van der Waals surface area contributed by atoms with Crippen LogP contribution in [0.5, 0.6) is 5.75 Å². The van der Waals surface area contributed by atoms with Gasteiger partial charge in [0, 0.05) is 5.69 Å². The maximum absolute atomic E-state index is 12.7. The fraction of sp³-hybridized carbons (Fsp3) is 0.250. The molecule has 0 atom stereocenters. The largest absolute Gasteiger partial charge is 0.495 e. The zero-order chi connectivity index (χ0) is 19.4. The van der Waals surface area contributed by atoms with Crippen LogP contribution in [0.1, 0.15) is 23.2 Å². The maximum atomic E-state index is 12.7. The molecule has 2 N–H and O–H groups in total. The topological polar surface area (TPSA) is 93.7 Å². The number of benzene rings is 2. The standard InChI is InChI=1S/C20H20N2O5/c1-26-16-6-4-3-5-15(16)22-19(25)20(11-12-20)18(24)21-14-9-7-13(8-10-14)17(23)27-2/h3-10H,11-12H2,1-2H3,(H,21,24)(H,22,25). The first kappa shape index (κ1) is 18.4. The van der Waals surface area contributed by atoms with E-state index in [2.05, 4.69) is 15.4 Å². The van der Waals surface area contributed by atoms with Gasteiger partial charge in [0.2, 0.25) is 11.8 Å². The number of hydrogen-bond donors (Lipinski definition) is 2. The zero-order valence-corrected chi connectivity index (χ0v) is 15.1. The van der Waals surface area contributed by atoms with Gasteiger partial charge in [-0.1, -0.05) is 12.1 Å². The Kier molecular flexibility index (Phi) is 5.12. The molecule has 1 aliphatic rings. The number of anilines is 2. The smallest absolute Gasteiger partial charge is 0.337 e. The number of nitrogens with one attached hydrogen (secondary N) is 2. The predicted octanol–water partition coefficient (Wildman–Crippen LogP) is 2.84. The zero-order valence-electron chi connectivity index (χ0n) is 15.1. The van der Waals surface area contributed by atoms with Crippen molar-refractivity contribution in [3.63, 3.8) is 0 Å². The lowest BCUT2D eigenvalue weighted by molar-refractivity contribution is -0.131. The number of ether oxygens (including phenoxy) is 2. The Hall–Kier alpha value is -3.35. The van der Waals surface area contributed by atoms with Crippen molar-refractivity contribution in [3.8, 4) is 5.75 Å². The molecule has 0 bridgehead atoms. The second-order valence-electron chi connectivity index (χ2n) is 6.26. The van der Waals surface area contributed by atoms with Crippen LogP contribution in [0.25, 0.3) is 0 Å². The van der Waals surface area contributed by atoms with E-state index in [4.69, 9.17) is 4.74 Å². The van der Waals surface area contributed by atoms with Crippen molar-refractivity contribution in [3.05, 3.63) is 54.1 Å². The van der Waals surface area contributed by atoms with Crippen LogP contribution in [0.3, 0.4) is 0 Å². The number of carbonyl (C=O) groups excluding carboxylic acids is 3. The Balaban J connectivity index is 1.69. The average molecular weight is 368 g/mol. The van der Waals surface area contributed by atoms with Gasteiger partial charge in [-0.05, 0) is 49.2 Å². The highest BCUT2D eigenvalue weighted by Crippen LogP contribution is 2.48. The van der Waals surface area contributed by atoms with Crippen molar-refractivity contribution in [2.75, 3.05) is 24.9 Å². The number of amides is 2. The minimum Gasteiger partial charge on any atom is -0.495 e. The van der Waals surface area contributed by atoms with Gasteiger partial charge in [0.15, 0.2) is 0 Å². The Morgan fingerprint density at radius 2 is 1.52 bits per heavy atom. The molecule has 0 saturated heterocycles. The molecule has 0 aromatic heterocycles. The van der Waals surface area contributed by atoms with Gasteiger partial charge in [-0.2, -0.15) is 0 Å². The molecule has 27 heavy (non-hydrogen) atoms. The summed E-state index contributed by atoms with van der Waals surface area (Å²) in [6.45, 7) is 0.